The molecule has 0 bridgehead atoms. The number of likely N-dealkylation sites (N-methyl/N-ethyl adjacent to an activating group) is 1. The minimum atomic E-state index is -3.87. The van der Waals surface area contributed by atoms with Crippen LogP contribution in [0, 0.1) is 0 Å². The first kappa shape index (κ1) is 27.0. The summed E-state index contributed by atoms with van der Waals surface area (Å²) in [4.78, 5) is 27.8. The summed E-state index contributed by atoms with van der Waals surface area (Å²) in [5.74, 6) is -0.0798. The van der Waals surface area contributed by atoms with Crippen LogP contribution in [-0.2, 0) is 26.2 Å². The number of nitrogens with zero attached hydrogens (tertiary/aromatic N) is 2. The molecule has 0 heterocycles. The lowest BCUT2D eigenvalue weighted by atomic mass is 10.1. The van der Waals surface area contributed by atoms with Gasteiger partial charge < -0.3 is 19.7 Å². The number of sulfonamides is 1. The molecule has 9 nitrogen and oxygen atoms in total. The van der Waals surface area contributed by atoms with Gasteiger partial charge in [-0.3, -0.25) is 13.9 Å². The van der Waals surface area contributed by atoms with Crippen molar-refractivity contribution < 1.29 is 27.5 Å². The number of anilines is 1. The van der Waals surface area contributed by atoms with Crippen LogP contribution in [0.4, 0.5) is 5.69 Å². The van der Waals surface area contributed by atoms with E-state index in [1.165, 1.54) is 25.2 Å². The van der Waals surface area contributed by atoms with E-state index in [4.69, 9.17) is 9.47 Å². The maximum atomic E-state index is 13.6. The molecular formula is C24H33N3O6S. The van der Waals surface area contributed by atoms with Gasteiger partial charge >= 0.3 is 0 Å². The van der Waals surface area contributed by atoms with Gasteiger partial charge in [-0.1, -0.05) is 37.3 Å². The topological polar surface area (TPSA) is 105 Å². The Kier molecular flexibility index (Phi) is 9.73. The molecule has 1 N–H and O–H groups in total. The van der Waals surface area contributed by atoms with Gasteiger partial charge in [0.05, 0.1) is 26.2 Å². The fraction of sp³-hybridized carbons (Fsp3) is 0.417. The minimum Gasteiger partial charge on any atom is -0.497 e. The zero-order chi connectivity index (χ0) is 25.3. The Morgan fingerprint density at radius 1 is 1.03 bits per heavy atom. The molecule has 0 aliphatic carbocycles. The van der Waals surface area contributed by atoms with Crippen molar-refractivity contribution in [3.8, 4) is 11.5 Å². The number of ether oxygens (including phenoxy) is 2. The van der Waals surface area contributed by atoms with Gasteiger partial charge in [0, 0.05) is 19.2 Å². The molecule has 0 unspecified atom stereocenters. The van der Waals surface area contributed by atoms with Gasteiger partial charge in [-0.25, -0.2) is 8.42 Å². The maximum Gasteiger partial charge on any atom is 0.244 e. The molecule has 0 spiro atoms. The highest BCUT2D eigenvalue weighted by Crippen LogP contribution is 2.33. The first-order valence-corrected chi connectivity index (χ1v) is 12.8. The van der Waals surface area contributed by atoms with Crippen LogP contribution in [-0.4, -0.2) is 64.7 Å². The van der Waals surface area contributed by atoms with Gasteiger partial charge in [0.2, 0.25) is 21.8 Å². The number of rotatable bonds is 12. The number of hydrogen-bond acceptors (Lipinski definition) is 6. The van der Waals surface area contributed by atoms with Crippen molar-refractivity contribution in [1.29, 1.82) is 0 Å². The van der Waals surface area contributed by atoms with E-state index in [1.54, 1.807) is 19.1 Å². The monoisotopic (exact) mass is 491 g/mol. The van der Waals surface area contributed by atoms with Gasteiger partial charge in [0.1, 0.15) is 24.1 Å². The van der Waals surface area contributed by atoms with Gasteiger partial charge in [0.25, 0.3) is 0 Å². The van der Waals surface area contributed by atoms with Crippen LogP contribution in [0.2, 0.25) is 0 Å². The third-order valence-corrected chi connectivity index (χ3v) is 6.39. The quantitative estimate of drug-likeness (QED) is 0.489. The minimum absolute atomic E-state index is 0.159. The Hall–Kier alpha value is -3.27. The van der Waals surface area contributed by atoms with Crippen LogP contribution >= 0.6 is 0 Å². The molecule has 2 rings (SSSR count). The Balaban J connectivity index is 2.48. The second-order valence-electron chi connectivity index (χ2n) is 7.63. The normalized spacial score (nSPS) is 11.9. The Morgan fingerprint density at radius 3 is 2.24 bits per heavy atom. The second-order valence-corrected chi connectivity index (χ2v) is 9.54. The van der Waals surface area contributed by atoms with Crippen LogP contribution in [0.15, 0.2) is 48.5 Å². The fourth-order valence-corrected chi connectivity index (χ4v) is 4.43. The van der Waals surface area contributed by atoms with Crippen molar-refractivity contribution in [3.05, 3.63) is 54.1 Å². The highest BCUT2D eigenvalue weighted by atomic mass is 32.2. The zero-order valence-electron chi connectivity index (χ0n) is 20.3. The molecule has 2 amide bonds. The van der Waals surface area contributed by atoms with Gasteiger partial charge in [-0.15, -0.1) is 0 Å². The lowest BCUT2D eigenvalue weighted by molar-refractivity contribution is -0.140. The summed E-state index contributed by atoms with van der Waals surface area (Å²) in [7, 11) is -0.977. The van der Waals surface area contributed by atoms with Gasteiger partial charge in [-0.05, 0) is 31.0 Å². The summed E-state index contributed by atoms with van der Waals surface area (Å²) in [6.07, 6.45) is 1.39. The first-order valence-electron chi connectivity index (χ1n) is 11.0. The molecule has 1 atom stereocenters. The maximum absolute atomic E-state index is 13.6. The van der Waals surface area contributed by atoms with Crippen molar-refractivity contribution in [3.63, 3.8) is 0 Å². The molecule has 0 saturated heterocycles. The summed E-state index contributed by atoms with van der Waals surface area (Å²) in [5.41, 5.74) is 1.02. The van der Waals surface area contributed by atoms with E-state index in [1.807, 2.05) is 37.3 Å². The summed E-state index contributed by atoms with van der Waals surface area (Å²) in [6, 6.07) is 13.2. The van der Waals surface area contributed by atoms with Gasteiger partial charge in [-0.2, -0.15) is 0 Å². The first-order chi connectivity index (χ1) is 16.2. The van der Waals surface area contributed by atoms with E-state index < -0.39 is 28.5 Å². The number of nitrogens with one attached hydrogen (secondary N) is 1. The number of hydrogen-bond donors (Lipinski definition) is 1. The average molecular weight is 492 g/mol. The number of carbonyl (C=O) groups excluding carboxylic acids is 2. The van der Waals surface area contributed by atoms with E-state index in [0.29, 0.717) is 18.7 Å². The lowest BCUT2D eigenvalue weighted by Crippen LogP contribution is -2.52. The van der Waals surface area contributed by atoms with Crippen LogP contribution in [0.1, 0.15) is 25.8 Å². The lowest BCUT2D eigenvalue weighted by Gasteiger charge is -2.33. The van der Waals surface area contributed by atoms with Crippen molar-refractivity contribution in [2.24, 2.45) is 0 Å². The molecule has 34 heavy (non-hydrogen) atoms. The Morgan fingerprint density at radius 2 is 1.71 bits per heavy atom. The predicted octanol–water partition coefficient (Wildman–Crippen LogP) is 2.41. The molecule has 2 aromatic carbocycles. The number of carbonyl (C=O) groups is 2. The molecule has 0 aromatic heterocycles. The molecule has 0 saturated carbocycles. The molecule has 186 valence electrons. The van der Waals surface area contributed by atoms with Gasteiger partial charge in [0.15, 0.2) is 0 Å². The SMILES string of the molecule is CCNC(=O)[C@@H](CC)N(Cc1ccccc1)C(=O)CN(c1ccc(OC)cc1OC)S(C)(=O)=O. The summed E-state index contributed by atoms with van der Waals surface area (Å²) >= 11 is 0. The van der Waals surface area contributed by atoms with E-state index in [-0.39, 0.29) is 23.9 Å². The summed E-state index contributed by atoms with van der Waals surface area (Å²) < 4.78 is 37.0. The Labute approximate surface area is 201 Å². The van der Waals surface area contributed by atoms with E-state index >= 15 is 0 Å². The zero-order valence-corrected chi connectivity index (χ0v) is 21.1. The third kappa shape index (κ3) is 6.86. The molecule has 0 aliphatic rings. The number of benzene rings is 2. The molecular weight excluding hydrogens is 458 g/mol. The van der Waals surface area contributed by atoms with Crippen molar-refractivity contribution in [2.75, 3.05) is 37.9 Å². The van der Waals surface area contributed by atoms with Crippen molar-refractivity contribution in [2.45, 2.75) is 32.9 Å². The van der Waals surface area contributed by atoms with Crippen molar-refractivity contribution in [1.82, 2.24) is 10.2 Å². The van der Waals surface area contributed by atoms with Crippen LogP contribution < -0.4 is 19.1 Å². The molecule has 2 aromatic rings. The number of methoxy groups -OCH3 is 2. The van der Waals surface area contributed by atoms with E-state index in [2.05, 4.69) is 5.32 Å². The standard InChI is InChI=1S/C24H33N3O6S/c1-6-20(24(29)25-7-2)26(16-18-11-9-8-10-12-18)23(28)17-27(34(5,30)31)21-14-13-19(32-3)15-22(21)33-4/h8-15,20H,6-7,16-17H2,1-5H3,(H,25,29)/t20-/m1/s1. The molecule has 0 fully saturated rings. The average Bonchev–Trinajstić information content (AvgIpc) is 2.82. The summed E-state index contributed by atoms with van der Waals surface area (Å²) in [6.45, 7) is 3.69. The second kappa shape index (κ2) is 12.3. The van der Waals surface area contributed by atoms with E-state index in [0.717, 1.165) is 16.1 Å². The molecule has 0 aliphatic heterocycles. The highest BCUT2D eigenvalue weighted by molar-refractivity contribution is 7.92. The highest BCUT2D eigenvalue weighted by Gasteiger charge is 2.32. The fourth-order valence-electron chi connectivity index (χ4n) is 3.58. The van der Waals surface area contributed by atoms with Crippen LogP contribution in [0.25, 0.3) is 0 Å². The predicted molar refractivity (Wildman–Crippen MR) is 131 cm³/mol. The number of amides is 2. The molecule has 10 heteroatoms. The van der Waals surface area contributed by atoms with Crippen molar-refractivity contribution >= 4 is 27.5 Å². The molecule has 0 radical (unpaired) electrons. The summed E-state index contributed by atoms with van der Waals surface area (Å²) in [5, 5.41) is 2.77. The third-order valence-electron chi connectivity index (χ3n) is 5.27. The van der Waals surface area contributed by atoms with Crippen LogP contribution in [0.3, 0.4) is 0 Å². The largest absolute Gasteiger partial charge is 0.497 e. The Bertz CT molecular complexity index is 1080. The smallest absolute Gasteiger partial charge is 0.244 e. The van der Waals surface area contributed by atoms with Crippen LogP contribution in [0.5, 0.6) is 11.5 Å². The van der Waals surface area contributed by atoms with E-state index in [9.17, 15) is 18.0 Å².